The summed E-state index contributed by atoms with van der Waals surface area (Å²) < 4.78 is 0. The predicted molar refractivity (Wildman–Crippen MR) is 111 cm³/mol. The molecular formula is C20H18N4O6. The molecule has 0 saturated carbocycles. The number of carbonyl (C=O) groups is 2. The van der Waals surface area contributed by atoms with Gasteiger partial charge in [0.15, 0.2) is 0 Å². The standard InChI is InChI=1S/C20H18N4O6/c21-11-5-13(17(27)7-15(11)25)23-19(29)9-2-1-3-10(4-9)20(30)24-14-6-12(22)16(26)8-18(14)28/h1-8,25-28H,21-22H2,(H,23,29)(H,24,30). The number of phenolic OH excluding ortho intramolecular Hbond substituents is 4. The molecule has 10 nitrogen and oxygen atoms in total. The van der Waals surface area contributed by atoms with Gasteiger partial charge < -0.3 is 42.5 Å². The summed E-state index contributed by atoms with van der Waals surface area (Å²) in [6, 6.07) is 10.0. The van der Waals surface area contributed by atoms with Crippen LogP contribution in [-0.4, -0.2) is 32.2 Å². The monoisotopic (exact) mass is 410 g/mol. The molecule has 2 amide bonds. The van der Waals surface area contributed by atoms with Crippen molar-refractivity contribution in [2.75, 3.05) is 22.1 Å². The average molecular weight is 410 g/mol. The predicted octanol–water partition coefficient (Wildman–Crippen LogP) is 2.18. The first-order chi connectivity index (χ1) is 14.2. The molecule has 0 aliphatic rings. The maximum Gasteiger partial charge on any atom is 0.255 e. The molecule has 0 aliphatic carbocycles. The van der Waals surface area contributed by atoms with E-state index in [0.29, 0.717) is 0 Å². The topological polar surface area (TPSA) is 191 Å². The van der Waals surface area contributed by atoms with Crippen LogP contribution in [0.15, 0.2) is 48.5 Å². The van der Waals surface area contributed by atoms with Crippen molar-refractivity contribution in [2.45, 2.75) is 0 Å². The van der Waals surface area contributed by atoms with Gasteiger partial charge in [0.25, 0.3) is 11.8 Å². The van der Waals surface area contributed by atoms with Crippen LogP contribution in [0.2, 0.25) is 0 Å². The second-order valence-electron chi connectivity index (χ2n) is 6.35. The van der Waals surface area contributed by atoms with E-state index in [1.54, 1.807) is 0 Å². The molecule has 0 aliphatic heterocycles. The number of aromatic hydroxyl groups is 4. The molecule has 0 heterocycles. The van der Waals surface area contributed by atoms with Gasteiger partial charge in [0.05, 0.1) is 22.7 Å². The molecular weight excluding hydrogens is 392 g/mol. The normalized spacial score (nSPS) is 10.4. The van der Waals surface area contributed by atoms with Gasteiger partial charge in [-0.15, -0.1) is 0 Å². The molecule has 0 fully saturated rings. The summed E-state index contributed by atoms with van der Waals surface area (Å²) in [5.74, 6) is -2.71. The van der Waals surface area contributed by atoms with Crippen LogP contribution in [0.3, 0.4) is 0 Å². The third-order valence-electron chi connectivity index (χ3n) is 4.17. The number of nitrogens with two attached hydrogens (primary N) is 2. The van der Waals surface area contributed by atoms with E-state index in [0.717, 1.165) is 12.1 Å². The Morgan fingerprint density at radius 2 is 1.03 bits per heavy atom. The molecule has 3 aromatic carbocycles. The van der Waals surface area contributed by atoms with Gasteiger partial charge in [0.1, 0.15) is 23.0 Å². The molecule has 10 heteroatoms. The van der Waals surface area contributed by atoms with Gasteiger partial charge in [-0.3, -0.25) is 9.59 Å². The highest BCUT2D eigenvalue weighted by Gasteiger charge is 2.15. The number of carbonyl (C=O) groups excluding carboxylic acids is 2. The van der Waals surface area contributed by atoms with Crippen LogP contribution in [0.1, 0.15) is 20.7 Å². The lowest BCUT2D eigenvalue weighted by Gasteiger charge is -2.11. The first-order valence-corrected chi connectivity index (χ1v) is 8.51. The Hall–Kier alpha value is -4.60. The van der Waals surface area contributed by atoms with Gasteiger partial charge >= 0.3 is 0 Å². The zero-order valence-corrected chi connectivity index (χ0v) is 15.4. The SMILES string of the molecule is Nc1cc(NC(=O)c2cccc(C(=O)Nc3cc(N)c(O)cc3O)c2)c(O)cc1O. The number of hydrogen-bond donors (Lipinski definition) is 8. The van der Waals surface area contributed by atoms with E-state index in [-0.39, 0.29) is 56.9 Å². The largest absolute Gasteiger partial charge is 0.506 e. The minimum Gasteiger partial charge on any atom is -0.506 e. The Labute approximate surface area is 170 Å². The van der Waals surface area contributed by atoms with Crippen LogP contribution in [-0.2, 0) is 0 Å². The van der Waals surface area contributed by atoms with Crippen molar-refractivity contribution in [3.05, 3.63) is 59.7 Å². The Bertz CT molecular complexity index is 1080. The number of nitrogen functional groups attached to an aromatic ring is 2. The average Bonchev–Trinajstić information content (AvgIpc) is 2.70. The molecule has 0 saturated heterocycles. The minimum absolute atomic E-state index is 0.0188. The van der Waals surface area contributed by atoms with Crippen molar-refractivity contribution in [1.29, 1.82) is 0 Å². The minimum atomic E-state index is -0.637. The lowest BCUT2D eigenvalue weighted by molar-refractivity contribution is 0.102. The fraction of sp³-hybridized carbons (Fsp3) is 0. The Kier molecular flexibility index (Phi) is 5.23. The molecule has 0 unspecified atom stereocenters. The molecule has 0 radical (unpaired) electrons. The molecule has 0 aromatic heterocycles. The molecule has 10 N–H and O–H groups in total. The van der Waals surface area contributed by atoms with E-state index in [9.17, 15) is 30.0 Å². The molecule has 0 spiro atoms. The number of nitrogens with one attached hydrogen (secondary N) is 2. The molecule has 154 valence electrons. The van der Waals surface area contributed by atoms with Crippen LogP contribution < -0.4 is 22.1 Å². The van der Waals surface area contributed by atoms with Gasteiger partial charge in [-0.05, 0) is 30.3 Å². The third-order valence-corrected chi connectivity index (χ3v) is 4.17. The fourth-order valence-corrected chi connectivity index (χ4v) is 2.58. The first-order valence-electron chi connectivity index (χ1n) is 8.51. The highest BCUT2D eigenvalue weighted by molar-refractivity contribution is 6.09. The second kappa shape index (κ2) is 7.80. The number of phenols is 4. The smallest absolute Gasteiger partial charge is 0.255 e. The van der Waals surface area contributed by atoms with Gasteiger partial charge in [-0.1, -0.05) is 6.07 Å². The first kappa shape index (κ1) is 20.1. The number of rotatable bonds is 4. The summed E-state index contributed by atoms with van der Waals surface area (Å²) in [5.41, 5.74) is 11.2. The summed E-state index contributed by atoms with van der Waals surface area (Å²) in [6.45, 7) is 0. The maximum atomic E-state index is 12.5. The van der Waals surface area contributed by atoms with E-state index < -0.39 is 11.8 Å². The van der Waals surface area contributed by atoms with E-state index in [1.807, 2.05) is 0 Å². The zero-order valence-electron chi connectivity index (χ0n) is 15.4. The molecule has 0 atom stereocenters. The van der Waals surface area contributed by atoms with Crippen molar-refractivity contribution < 1.29 is 30.0 Å². The lowest BCUT2D eigenvalue weighted by Crippen LogP contribution is -2.16. The number of hydrogen-bond acceptors (Lipinski definition) is 8. The van der Waals surface area contributed by atoms with Gasteiger partial charge in [0, 0.05) is 23.3 Å². The van der Waals surface area contributed by atoms with Crippen molar-refractivity contribution in [3.63, 3.8) is 0 Å². The zero-order chi connectivity index (χ0) is 22.0. The highest BCUT2D eigenvalue weighted by Crippen LogP contribution is 2.34. The summed E-state index contributed by atoms with van der Waals surface area (Å²) in [5, 5.41) is 43.5. The van der Waals surface area contributed by atoms with E-state index >= 15 is 0 Å². The maximum absolute atomic E-state index is 12.5. The molecule has 30 heavy (non-hydrogen) atoms. The van der Waals surface area contributed by atoms with Crippen molar-refractivity contribution in [2.24, 2.45) is 0 Å². The summed E-state index contributed by atoms with van der Waals surface area (Å²) in [7, 11) is 0. The summed E-state index contributed by atoms with van der Waals surface area (Å²) in [6.07, 6.45) is 0. The van der Waals surface area contributed by atoms with Gasteiger partial charge in [-0.25, -0.2) is 0 Å². The number of benzene rings is 3. The quantitative estimate of drug-likeness (QED) is 0.182. The summed E-state index contributed by atoms with van der Waals surface area (Å²) >= 11 is 0. The van der Waals surface area contributed by atoms with E-state index in [2.05, 4.69) is 10.6 Å². The number of amides is 2. The van der Waals surface area contributed by atoms with Crippen molar-refractivity contribution >= 4 is 34.6 Å². The fourth-order valence-electron chi connectivity index (χ4n) is 2.58. The van der Waals surface area contributed by atoms with Crippen LogP contribution in [0.25, 0.3) is 0 Å². The Balaban J connectivity index is 1.80. The van der Waals surface area contributed by atoms with Crippen molar-refractivity contribution in [1.82, 2.24) is 0 Å². The van der Waals surface area contributed by atoms with Crippen LogP contribution in [0, 0.1) is 0 Å². The van der Waals surface area contributed by atoms with E-state index in [1.165, 1.54) is 36.4 Å². The Morgan fingerprint density at radius 3 is 1.43 bits per heavy atom. The molecule has 3 rings (SSSR count). The van der Waals surface area contributed by atoms with Crippen LogP contribution in [0.4, 0.5) is 22.7 Å². The third kappa shape index (κ3) is 4.12. The van der Waals surface area contributed by atoms with Gasteiger partial charge in [-0.2, -0.15) is 0 Å². The Morgan fingerprint density at radius 1 is 0.633 bits per heavy atom. The summed E-state index contributed by atoms with van der Waals surface area (Å²) in [4.78, 5) is 25.0. The number of anilines is 4. The van der Waals surface area contributed by atoms with Crippen LogP contribution in [0.5, 0.6) is 23.0 Å². The molecule has 0 bridgehead atoms. The molecule has 3 aromatic rings. The highest BCUT2D eigenvalue weighted by atomic mass is 16.3. The lowest BCUT2D eigenvalue weighted by atomic mass is 10.1. The van der Waals surface area contributed by atoms with Crippen molar-refractivity contribution in [3.8, 4) is 23.0 Å². The second-order valence-corrected chi connectivity index (χ2v) is 6.35. The van der Waals surface area contributed by atoms with Gasteiger partial charge in [0.2, 0.25) is 0 Å². The van der Waals surface area contributed by atoms with E-state index in [4.69, 9.17) is 11.5 Å². The van der Waals surface area contributed by atoms with Crippen LogP contribution >= 0.6 is 0 Å².